The average Bonchev–Trinajstić information content (AvgIpc) is 3.48. The molecule has 4 aromatic rings. The Morgan fingerprint density at radius 3 is 2.82 bits per heavy atom. The monoisotopic (exact) mass is 373 g/mol. The lowest BCUT2D eigenvalue weighted by molar-refractivity contribution is 0.112. The zero-order valence-corrected chi connectivity index (χ0v) is 15.3. The quantitative estimate of drug-likeness (QED) is 0.500. The minimum Gasteiger partial charge on any atom is -0.370 e. The smallest absolute Gasteiger partial charge is 0.151 e. The molecule has 0 radical (unpaired) electrons. The maximum Gasteiger partial charge on any atom is 0.151 e. The van der Waals surface area contributed by atoms with E-state index in [1.165, 1.54) is 12.8 Å². The van der Waals surface area contributed by atoms with Crippen LogP contribution < -0.4 is 4.90 Å². The first-order valence-electron chi connectivity index (χ1n) is 9.32. The summed E-state index contributed by atoms with van der Waals surface area (Å²) >= 11 is 0. The molecule has 1 aliphatic rings. The van der Waals surface area contributed by atoms with Gasteiger partial charge in [0.05, 0.1) is 30.3 Å². The third-order valence-electron chi connectivity index (χ3n) is 5.01. The fourth-order valence-electron chi connectivity index (χ4n) is 3.60. The van der Waals surface area contributed by atoms with Crippen LogP contribution in [0.3, 0.4) is 0 Å². The van der Waals surface area contributed by atoms with Crippen LogP contribution in [-0.2, 0) is 6.54 Å². The Labute approximate surface area is 161 Å². The summed E-state index contributed by atoms with van der Waals surface area (Å²) in [4.78, 5) is 22.2. The van der Waals surface area contributed by atoms with E-state index in [-0.39, 0.29) is 0 Å². The molecule has 5 rings (SSSR count). The van der Waals surface area contributed by atoms with Crippen molar-refractivity contribution in [2.24, 2.45) is 0 Å². The van der Waals surface area contributed by atoms with E-state index < -0.39 is 0 Å². The number of hydrogen-bond donors (Lipinski definition) is 0. The van der Waals surface area contributed by atoms with Gasteiger partial charge in [0.25, 0.3) is 0 Å². The number of rotatable bonds is 5. The van der Waals surface area contributed by atoms with Crippen molar-refractivity contribution in [3.05, 3.63) is 60.4 Å². The van der Waals surface area contributed by atoms with Crippen LogP contribution in [-0.4, -0.2) is 48.7 Å². The van der Waals surface area contributed by atoms with E-state index in [1.54, 1.807) is 16.9 Å². The van der Waals surface area contributed by atoms with Crippen LogP contribution in [0.15, 0.2) is 49.2 Å². The van der Waals surface area contributed by atoms with Crippen molar-refractivity contribution >= 4 is 17.6 Å². The predicted octanol–water partition coefficient (Wildman–Crippen LogP) is 2.45. The van der Waals surface area contributed by atoms with E-state index in [4.69, 9.17) is 0 Å². The summed E-state index contributed by atoms with van der Waals surface area (Å²) in [5.41, 5.74) is 5.15. The van der Waals surface area contributed by atoms with Gasteiger partial charge in [-0.05, 0) is 31.0 Å². The highest BCUT2D eigenvalue weighted by Gasteiger charge is 2.14. The van der Waals surface area contributed by atoms with Gasteiger partial charge in [0.15, 0.2) is 6.29 Å². The second kappa shape index (κ2) is 6.88. The first-order valence-corrected chi connectivity index (χ1v) is 9.32. The maximum atomic E-state index is 10.9. The summed E-state index contributed by atoms with van der Waals surface area (Å²) in [6, 6.07) is 5.71. The Kier molecular flexibility index (Phi) is 4.08. The van der Waals surface area contributed by atoms with Crippen LogP contribution in [0.5, 0.6) is 0 Å². The Morgan fingerprint density at radius 2 is 1.96 bits per heavy atom. The van der Waals surface area contributed by atoms with Crippen LogP contribution >= 0.6 is 0 Å². The van der Waals surface area contributed by atoms with Crippen LogP contribution in [0.4, 0.5) is 5.69 Å². The molecule has 28 heavy (non-hydrogen) atoms. The zero-order chi connectivity index (χ0) is 18.9. The summed E-state index contributed by atoms with van der Waals surface area (Å²) < 4.78 is 3.61. The molecule has 0 atom stereocenters. The largest absolute Gasteiger partial charge is 0.370 e. The van der Waals surface area contributed by atoms with Crippen molar-refractivity contribution in [3.8, 4) is 11.3 Å². The molecule has 0 aromatic carbocycles. The Bertz CT molecular complexity index is 1140. The van der Waals surface area contributed by atoms with Gasteiger partial charge in [-0.2, -0.15) is 0 Å². The number of imidazole rings is 1. The van der Waals surface area contributed by atoms with Gasteiger partial charge < -0.3 is 9.30 Å². The third kappa shape index (κ3) is 3.13. The van der Waals surface area contributed by atoms with Crippen molar-refractivity contribution in [1.82, 2.24) is 29.4 Å². The molecule has 8 nitrogen and oxygen atoms in total. The number of nitrogens with zero attached hydrogens (tertiary/aromatic N) is 7. The molecular formula is C20H19N7O. The summed E-state index contributed by atoms with van der Waals surface area (Å²) in [7, 11) is 0. The van der Waals surface area contributed by atoms with E-state index in [9.17, 15) is 4.79 Å². The Morgan fingerprint density at radius 1 is 1.07 bits per heavy atom. The van der Waals surface area contributed by atoms with Gasteiger partial charge in [-0.1, -0.05) is 5.21 Å². The highest BCUT2D eigenvalue weighted by Crippen LogP contribution is 2.24. The van der Waals surface area contributed by atoms with Gasteiger partial charge in [0.2, 0.25) is 0 Å². The van der Waals surface area contributed by atoms with Crippen molar-refractivity contribution in [2.45, 2.75) is 19.4 Å². The molecular weight excluding hydrogens is 354 g/mol. The molecule has 1 fully saturated rings. The van der Waals surface area contributed by atoms with Gasteiger partial charge >= 0.3 is 0 Å². The fraction of sp³-hybridized carbons (Fsp3) is 0.250. The molecule has 140 valence electrons. The molecule has 8 heteroatoms. The van der Waals surface area contributed by atoms with Crippen LogP contribution in [0.1, 0.15) is 28.9 Å². The standard InChI is InChI=1S/C20H19N7O/c28-14-15-3-4-20-22-17(11-26(20)10-15)12-27-13-19(23-24-27)16-7-18(9-21-8-16)25-5-1-2-6-25/h3-4,7-11,13-14H,1-2,5-6,12H2. The molecule has 1 aliphatic heterocycles. The predicted molar refractivity (Wildman–Crippen MR) is 104 cm³/mol. The van der Waals surface area contributed by atoms with Gasteiger partial charge in [-0.3, -0.25) is 9.78 Å². The minimum atomic E-state index is 0.504. The summed E-state index contributed by atoms with van der Waals surface area (Å²) in [5.74, 6) is 0. The zero-order valence-electron chi connectivity index (χ0n) is 15.3. The Balaban J connectivity index is 1.37. The Hall–Kier alpha value is -3.55. The molecule has 5 heterocycles. The molecule has 0 bridgehead atoms. The summed E-state index contributed by atoms with van der Waals surface area (Å²) in [6.45, 7) is 2.67. The lowest BCUT2D eigenvalue weighted by Crippen LogP contribution is -2.17. The van der Waals surface area contributed by atoms with E-state index >= 15 is 0 Å². The highest BCUT2D eigenvalue weighted by molar-refractivity contribution is 5.74. The number of aromatic nitrogens is 6. The second-order valence-corrected chi connectivity index (χ2v) is 7.01. The number of aldehydes is 1. The molecule has 0 unspecified atom stereocenters. The van der Waals surface area contributed by atoms with Crippen LogP contribution in [0, 0.1) is 0 Å². The lowest BCUT2D eigenvalue weighted by atomic mass is 10.2. The van der Waals surface area contributed by atoms with Crippen LogP contribution in [0.2, 0.25) is 0 Å². The fourth-order valence-corrected chi connectivity index (χ4v) is 3.60. The lowest BCUT2D eigenvalue weighted by Gasteiger charge is -2.17. The maximum absolute atomic E-state index is 10.9. The number of fused-ring (bicyclic) bond motifs is 1. The molecule has 4 aromatic heterocycles. The molecule has 0 amide bonds. The number of hydrogen-bond acceptors (Lipinski definition) is 6. The van der Waals surface area contributed by atoms with Crippen molar-refractivity contribution in [1.29, 1.82) is 0 Å². The molecule has 0 spiro atoms. The number of carbonyl (C=O) groups is 1. The van der Waals surface area contributed by atoms with Gasteiger partial charge in [0.1, 0.15) is 11.3 Å². The van der Waals surface area contributed by atoms with Gasteiger partial charge in [0, 0.05) is 42.8 Å². The summed E-state index contributed by atoms with van der Waals surface area (Å²) in [6.07, 6.45) is 12.6. The molecule has 0 aliphatic carbocycles. The first kappa shape index (κ1) is 16.6. The topological polar surface area (TPSA) is 81.2 Å². The van der Waals surface area contributed by atoms with Gasteiger partial charge in [-0.25, -0.2) is 9.67 Å². The molecule has 1 saturated heterocycles. The van der Waals surface area contributed by atoms with E-state index in [1.807, 2.05) is 35.3 Å². The average molecular weight is 373 g/mol. The second-order valence-electron chi connectivity index (χ2n) is 7.01. The normalized spacial score (nSPS) is 14.1. The van der Waals surface area contributed by atoms with E-state index in [2.05, 4.69) is 31.2 Å². The molecule has 0 N–H and O–H groups in total. The molecule has 0 saturated carbocycles. The van der Waals surface area contributed by atoms with Crippen molar-refractivity contribution < 1.29 is 4.79 Å². The van der Waals surface area contributed by atoms with E-state index in [0.29, 0.717) is 12.1 Å². The number of pyridine rings is 2. The van der Waals surface area contributed by atoms with Crippen molar-refractivity contribution in [2.75, 3.05) is 18.0 Å². The van der Waals surface area contributed by atoms with E-state index in [0.717, 1.165) is 47.7 Å². The first-order chi connectivity index (χ1) is 13.8. The van der Waals surface area contributed by atoms with Crippen LogP contribution in [0.25, 0.3) is 16.9 Å². The summed E-state index contributed by atoms with van der Waals surface area (Å²) in [5, 5.41) is 8.54. The number of carbonyl (C=O) groups excluding carboxylic acids is 1. The third-order valence-corrected chi connectivity index (χ3v) is 5.01. The van der Waals surface area contributed by atoms with Crippen molar-refractivity contribution in [3.63, 3.8) is 0 Å². The van der Waals surface area contributed by atoms with Gasteiger partial charge in [-0.15, -0.1) is 5.10 Å². The number of anilines is 1. The minimum absolute atomic E-state index is 0.504. The SMILES string of the molecule is O=Cc1ccc2nc(Cn3cc(-c4cncc(N5CCCC5)c4)nn3)cn2c1. The highest BCUT2D eigenvalue weighted by atomic mass is 16.1.